The molecule has 0 saturated carbocycles. The van der Waals surface area contributed by atoms with E-state index in [1.165, 1.54) is 6.20 Å². The maximum Gasteiger partial charge on any atom is 0.288 e. The van der Waals surface area contributed by atoms with Crippen LogP contribution in [0.4, 0.5) is 0 Å². The van der Waals surface area contributed by atoms with Crippen molar-refractivity contribution in [3.63, 3.8) is 0 Å². The lowest BCUT2D eigenvalue weighted by atomic mass is 10.0. The Labute approximate surface area is 138 Å². The van der Waals surface area contributed by atoms with E-state index in [2.05, 4.69) is 20.8 Å². The maximum atomic E-state index is 12.5. The predicted octanol–water partition coefficient (Wildman–Crippen LogP) is 2.32. The molecule has 3 aromatic rings. The Morgan fingerprint density at radius 3 is 2.50 bits per heavy atom. The van der Waals surface area contributed by atoms with Gasteiger partial charge in [-0.05, 0) is 44.2 Å². The highest BCUT2D eigenvalue weighted by molar-refractivity contribution is 6.07. The van der Waals surface area contributed by atoms with Gasteiger partial charge in [0.15, 0.2) is 0 Å². The Bertz CT molecular complexity index is 923. The van der Waals surface area contributed by atoms with Gasteiger partial charge in [-0.1, -0.05) is 17.7 Å². The van der Waals surface area contributed by atoms with Crippen LogP contribution >= 0.6 is 0 Å². The van der Waals surface area contributed by atoms with Gasteiger partial charge in [-0.3, -0.25) is 30.4 Å². The third-order valence-electron chi connectivity index (χ3n) is 3.52. The molecule has 0 aliphatic rings. The van der Waals surface area contributed by atoms with E-state index in [1.807, 2.05) is 32.0 Å². The normalized spacial score (nSPS) is 10.4. The first kappa shape index (κ1) is 15.6. The standard InChI is InChI=1S/C18H16N4O2/c1-11-6-7-15-13(9-11)14(10-12(2)20-15)17(23)21-22-18(24)16-5-3-4-8-19-16/h3-10H,1-2H3,(H,21,23)(H,22,24). The molecule has 0 bridgehead atoms. The molecule has 0 unspecified atom stereocenters. The Balaban J connectivity index is 1.84. The summed E-state index contributed by atoms with van der Waals surface area (Å²) in [6, 6.07) is 12.4. The fraction of sp³-hybridized carbons (Fsp3) is 0.111. The van der Waals surface area contributed by atoms with Crippen molar-refractivity contribution in [1.82, 2.24) is 20.8 Å². The first-order valence-corrected chi connectivity index (χ1v) is 7.44. The molecule has 2 aromatic heterocycles. The van der Waals surface area contributed by atoms with E-state index in [0.29, 0.717) is 5.56 Å². The van der Waals surface area contributed by atoms with Gasteiger partial charge >= 0.3 is 0 Å². The fourth-order valence-electron chi connectivity index (χ4n) is 2.40. The minimum Gasteiger partial charge on any atom is -0.267 e. The van der Waals surface area contributed by atoms with Crippen molar-refractivity contribution in [2.75, 3.05) is 0 Å². The van der Waals surface area contributed by atoms with Crippen LogP contribution in [0.2, 0.25) is 0 Å². The molecular weight excluding hydrogens is 304 g/mol. The second-order valence-electron chi connectivity index (χ2n) is 5.46. The third-order valence-corrected chi connectivity index (χ3v) is 3.52. The first-order chi connectivity index (χ1) is 11.5. The quantitative estimate of drug-likeness (QED) is 0.710. The average Bonchev–Trinajstić information content (AvgIpc) is 2.59. The summed E-state index contributed by atoms with van der Waals surface area (Å²) in [4.78, 5) is 32.8. The number of pyridine rings is 2. The largest absolute Gasteiger partial charge is 0.288 e. The second-order valence-corrected chi connectivity index (χ2v) is 5.46. The van der Waals surface area contributed by atoms with E-state index < -0.39 is 11.8 Å². The topological polar surface area (TPSA) is 84.0 Å². The van der Waals surface area contributed by atoms with Crippen molar-refractivity contribution < 1.29 is 9.59 Å². The van der Waals surface area contributed by atoms with Gasteiger partial charge in [0.05, 0.1) is 11.1 Å². The molecule has 0 aliphatic heterocycles. The zero-order valence-electron chi connectivity index (χ0n) is 13.3. The fourth-order valence-corrected chi connectivity index (χ4v) is 2.40. The van der Waals surface area contributed by atoms with Gasteiger partial charge in [0.2, 0.25) is 0 Å². The van der Waals surface area contributed by atoms with E-state index in [0.717, 1.165) is 22.2 Å². The Hall–Kier alpha value is -3.28. The zero-order chi connectivity index (χ0) is 17.1. The lowest BCUT2D eigenvalue weighted by Crippen LogP contribution is -2.42. The molecule has 0 fully saturated rings. The molecule has 2 heterocycles. The third kappa shape index (κ3) is 3.22. The van der Waals surface area contributed by atoms with Crippen molar-refractivity contribution in [3.05, 3.63) is 71.2 Å². The number of benzene rings is 1. The predicted molar refractivity (Wildman–Crippen MR) is 90.4 cm³/mol. The molecule has 120 valence electrons. The maximum absolute atomic E-state index is 12.5. The van der Waals surface area contributed by atoms with Crippen LogP contribution < -0.4 is 10.9 Å². The van der Waals surface area contributed by atoms with E-state index >= 15 is 0 Å². The van der Waals surface area contributed by atoms with E-state index in [1.54, 1.807) is 24.3 Å². The number of nitrogens with one attached hydrogen (secondary N) is 2. The molecule has 6 heteroatoms. The molecular formula is C18H16N4O2. The smallest absolute Gasteiger partial charge is 0.267 e. The number of carbonyl (C=O) groups excluding carboxylic acids is 2. The summed E-state index contributed by atoms with van der Waals surface area (Å²) < 4.78 is 0. The minimum atomic E-state index is -0.477. The van der Waals surface area contributed by atoms with Crippen LogP contribution in [0.25, 0.3) is 10.9 Å². The van der Waals surface area contributed by atoms with Crippen LogP contribution in [0.15, 0.2) is 48.7 Å². The van der Waals surface area contributed by atoms with Crippen LogP contribution in [-0.4, -0.2) is 21.8 Å². The summed E-state index contributed by atoms with van der Waals surface area (Å²) in [7, 11) is 0. The molecule has 1 aromatic carbocycles. The number of nitrogens with zero attached hydrogens (tertiary/aromatic N) is 2. The van der Waals surface area contributed by atoms with Crippen LogP contribution in [0.1, 0.15) is 32.1 Å². The van der Waals surface area contributed by atoms with Gasteiger partial charge < -0.3 is 0 Å². The van der Waals surface area contributed by atoms with Crippen molar-refractivity contribution in [1.29, 1.82) is 0 Å². The van der Waals surface area contributed by atoms with Gasteiger partial charge in [-0.2, -0.15) is 0 Å². The van der Waals surface area contributed by atoms with Gasteiger partial charge in [0.1, 0.15) is 5.69 Å². The van der Waals surface area contributed by atoms with Crippen LogP contribution in [-0.2, 0) is 0 Å². The molecule has 0 aliphatic carbocycles. The molecule has 0 spiro atoms. The summed E-state index contributed by atoms with van der Waals surface area (Å²) >= 11 is 0. The van der Waals surface area contributed by atoms with Gasteiger partial charge in [-0.25, -0.2) is 0 Å². The first-order valence-electron chi connectivity index (χ1n) is 7.44. The lowest BCUT2D eigenvalue weighted by molar-refractivity contribution is 0.0845. The van der Waals surface area contributed by atoms with Crippen LogP contribution in [0.3, 0.4) is 0 Å². The number of amides is 2. The van der Waals surface area contributed by atoms with E-state index in [9.17, 15) is 9.59 Å². The highest BCUT2D eigenvalue weighted by Gasteiger charge is 2.14. The molecule has 0 atom stereocenters. The van der Waals surface area contributed by atoms with Crippen LogP contribution in [0.5, 0.6) is 0 Å². The molecule has 0 radical (unpaired) electrons. The zero-order valence-corrected chi connectivity index (χ0v) is 13.3. The van der Waals surface area contributed by atoms with Crippen molar-refractivity contribution in [2.24, 2.45) is 0 Å². The average molecular weight is 320 g/mol. The summed E-state index contributed by atoms with van der Waals surface area (Å²) in [6.45, 7) is 3.77. The molecule has 2 N–H and O–H groups in total. The van der Waals surface area contributed by atoms with Crippen molar-refractivity contribution >= 4 is 22.7 Å². The number of hydrogen-bond acceptors (Lipinski definition) is 4. The highest BCUT2D eigenvalue weighted by Crippen LogP contribution is 2.19. The number of aromatic nitrogens is 2. The highest BCUT2D eigenvalue weighted by atomic mass is 16.2. The number of hydrazine groups is 1. The number of rotatable bonds is 2. The number of aryl methyl sites for hydroxylation is 2. The lowest BCUT2D eigenvalue weighted by Gasteiger charge is -2.10. The molecule has 3 rings (SSSR count). The summed E-state index contributed by atoms with van der Waals surface area (Å²) in [6.07, 6.45) is 1.51. The monoisotopic (exact) mass is 320 g/mol. The summed E-state index contributed by atoms with van der Waals surface area (Å²) in [5.74, 6) is -0.879. The Morgan fingerprint density at radius 1 is 0.958 bits per heavy atom. The molecule has 6 nitrogen and oxygen atoms in total. The van der Waals surface area contributed by atoms with Crippen molar-refractivity contribution in [3.8, 4) is 0 Å². The number of fused-ring (bicyclic) bond motifs is 1. The van der Waals surface area contributed by atoms with Crippen LogP contribution in [0, 0.1) is 13.8 Å². The number of carbonyl (C=O) groups is 2. The molecule has 24 heavy (non-hydrogen) atoms. The Kier molecular flexibility index (Phi) is 4.20. The summed E-state index contributed by atoms with van der Waals surface area (Å²) in [5, 5.41) is 0.741. The SMILES string of the molecule is Cc1ccc2nc(C)cc(C(=O)NNC(=O)c3ccccn3)c2c1. The van der Waals surface area contributed by atoms with Gasteiger partial charge in [0, 0.05) is 17.3 Å². The molecule has 0 saturated heterocycles. The van der Waals surface area contributed by atoms with Gasteiger partial charge in [-0.15, -0.1) is 0 Å². The number of hydrogen-bond donors (Lipinski definition) is 2. The van der Waals surface area contributed by atoms with E-state index in [-0.39, 0.29) is 5.69 Å². The minimum absolute atomic E-state index is 0.226. The van der Waals surface area contributed by atoms with Crippen molar-refractivity contribution in [2.45, 2.75) is 13.8 Å². The molecule has 2 amide bonds. The Morgan fingerprint density at radius 2 is 1.75 bits per heavy atom. The van der Waals surface area contributed by atoms with Gasteiger partial charge in [0.25, 0.3) is 11.8 Å². The second kappa shape index (κ2) is 6.45. The van der Waals surface area contributed by atoms with E-state index in [4.69, 9.17) is 0 Å². The summed E-state index contributed by atoms with van der Waals surface area (Å²) in [5.41, 5.74) is 7.99.